The Balaban J connectivity index is 2.07. The van der Waals surface area contributed by atoms with Crippen molar-refractivity contribution in [1.29, 1.82) is 0 Å². The highest BCUT2D eigenvalue weighted by molar-refractivity contribution is 9.10. The highest BCUT2D eigenvalue weighted by Gasteiger charge is 2.16. The molecular weight excluding hydrogens is 372 g/mol. The van der Waals surface area contributed by atoms with E-state index < -0.39 is 11.8 Å². The Morgan fingerprint density at radius 2 is 1.77 bits per heavy atom. The van der Waals surface area contributed by atoms with Crippen LogP contribution in [0.5, 0.6) is 5.75 Å². The van der Waals surface area contributed by atoms with Crippen LogP contribution in [0.1, 0.15) is 5.56 Å². The first-order valence-corrected chi connectivity index (χ1v) is 7.41. The van der Waals surface area contributed by atoms with Gasteiger partial charge in [-0.1, -0.05) is 27.5 Å². The van der Waals surface area contributed by atoms with Crippen molar-refractivity contribution in [3.05, 3.63) is 51.5 Å². The summed E-state index contributed by atoms with van der Waals surface area (Å²) in [5.41, 5.74) is 1.49. The molecule has 0 aliphatic rings. The minimum atomic E-state index is -0.905. The predicted octanol–water partition coefficient (Wildman–Crippen LogP) is 3.69. The standard InChI is InChI=1S/C15H12BrClN2O3/c1-8-6-10(3-4-11(8)16)18-14(21)15(22)19-12-7-9(17)2-5-13(12)20/h2-7,20H,1H3,(H,18,21)(H,19,22). The Labute approximate surface area is 140 Å². The summed E-state index contributed by atoms with van der Waals surface area (Å²) >= 11 is 9.13. The number of phenolic OH excluding ortho intramolecular Hbond substituents is 1. The number of phenols is 1. The van der Waals surface area contributed by atoms with E-state index >= 15 is 0 Å². The van der Waals surface area contributed by atoms with Gasteiger partial charge in [0.2, 0.25) is 0 Å². The lowest BCUT2D eigenvalue weighted by Gasteiger charge is -2.09. The third-order valence-corrected chi connectivity index (χ3v) is 3.95. The molecule has 0 aromatic heterocycles. The number of nitrogens with one attached hydrogen (secondary N) is 2. The van der Waals surface area contributed by atoms with Crippen molar-refractivity contribution in [3.63, 3.8) is 0 Å². The third-order valence-electron chi connectivity index (χ3n) is 2.83. The van der Waals surface area contributed by atoms with Gasteiger partial charge in [0.05, 0.1) is 5.69 Å². The summed E-state index contributed by atoms with van der Waals surface area (Å²) in [6.45, 7) is 1.86. The van der Waals surface area contributed by atoms with E-state index in [4.69, 9.17) is 11.6 Å². The summed E-state index contributed by atoms with van der Waals surface area (Å²) in [7, 11) is 0. The average Bonchev–Trinajstić information content (AvgIpc) is 2.46. The molecule has 3 N–H and O–H groups in total. The summed E-state index contributed by atoms with van der Waals surface area (Å²) < 4.78 is 0.902. The number of carbonyl (C=O) groups excluding carboxylic acids is 2. The molecule has 2 amide bonds. The maximum Gasteiger partial charge on any atom is 0.314 e. The number of hydrogen-bond donors (Lipinski definition) is 3. The number of rotatable bonds is 2. The first-order chi connectivity index (χ1) is 10.4. The van der Waals surface area contributed by atoms with Crippen LogP contribution in [0.25, 0.3) is 0 Å². The van der Waals surface area contributed by atoms with Crippen molar-refractivity contribution in [3.8, 4) is 5.75 Å². The van der Waals surface area contributed by atoms with E-state index in [-0.39, 0.29) is 11.4 Å². The van der Waals surface area contributed by atoms with Crippen molar-refractivity contribution in [1.82, 2.24) is 0 Å². The van der Waals surface area contributed by atoms with Crippen molar-refractivity contribution < 1.29 is 14.7 Å². The fraction of sp³-hybridized carbons (Fsp3) is 0.0667. The minimum absolute atomic E-state index is 0.0691. The Morgan fingerprint density at radius 1 is 1.09 bits per heavy atom. The molecular formula is C15H12BrClN2O3. The zero-order chi connectivity index (χ0) is 16.3. The topological polar surface area (TPSA) is 78.4 Å². The molecule has 2 aromatic rings. The van der Waals surface area contributed by atoms with Gasteiger partial charge < -0.3 is 15.7 Å². The number of anilines is 2. The summed E-state index contributed by atoms with van der Waals surface area (Å²) in [5.74, 6) is -1.93. The molecule has 0 aliphatic carbocycles. The van der Waals surface area contributed by atoms with E-state index in [2.05, 4.69) is 26.6 Å². The first kappa shape index (κ1) is 16.3. The number of aromatic hydroxyl groups is 1. The van der Waals surface area contributed by atoms with Gasteiger partial charge in [-0.15, -0.1) is 0 Å². The molecule has 0 aliphatic heterocycles. The molecule has 2 aromatic carbocycles. The van der Waals surface area contributed by atoms with Crippen LogP contribution in [0, 0.1) is 6.92 Å². The van der Waals surface area contributed by atoms with Crippen molar-refractivity contribution in [2.75, 3.05) is 10.6 Å². The van der Waals surface area contributed by atoms with Crippen LogP contribution in [0.4, 0.5) is 11.4 Å². The van der Waals surface area contributed by atoms with Crippen LogP contribution >= 0.6 is 27.5 Å². The van der Waals surface area contributed by atoms with Crippen LogP contribution in [-0.2, 0) is 9.59 Å². The monoisotopic (exact) mass is 382 g/mol. The van der Waals surface area contributed by atoms with E-state index in [9.17, 15) is 14.7 Å². The second-order valence-electron chi connectivity index (χ2n) is 4.53. The maximum absolute atomic E-state index is 11.9. The Kier molecular flexibility index (Phi) is 5.05. The van der Waals surface area contributed by atoms with Crippen molar-refractivity contribution in [2.24, 2.45) is 0 Å². The molecule has 0 radical (unpaired) electrons. The molecule has 22 heavy (non-hydrogen) atoms. The molecule has 0 spiro atoms. The van der Waals surface area contributed by atoms with Crippen LogP contribution in [-0.4, -0.2) is 16.9 Å². The second-order valence-corrected chi connectivity index (χ2v) is 5.82. The number of hydrogen-bond acceptors (Lipinski definition) is 3. The molecule has 0 heterocycles. The summed E-state index contributed by atoms with van der Waals surface area (Å²) in [6.07, 6.45) is 0. The molecule has 0 fully saturated rings. The van der Waals surface area contributed by atoms with E-state index in [1.54, 1.807) is 18.2 Å². The van der Waals surface area contributed by atoms with Crippen LogP contribution in [0.15, 0.2) is 40.9 Å². The smallest absolute Gasteiger partial charge is 0.314 e. The fourth-order valence-electron chi connectivity index (χ4n) is 1.70. The molecule has 0 saturated heterocycles. The summed E-state index contributed by atoms with van der Waals surface area (Å²) in [5, 5.41) is 14.7. The quantitative estimate of drug-likeness (QED) is 0.546. The maximum atomic E-state index is 11.9. The van der Waals surface area contributed by atoms with Gasteiger partial charge in [0.1, 0.15) is 5.75 Å². The zero-order valence-corrected chi connectivity index (χ0v) is 13.8. The van der Waals surface area contributed by atoms with Gasteiger partial charge >= 0.3 is 11.8 Å². The lowest BCUT2D eigenvalue weighted by atomic mass is 10.2. The van der Waals surface area contributed by atoms with Gasteiger partial charge in [-0.3, -0.25) is 9.59 Å². The van der Waals surface area contributed by atoms with Crippen molar-refractivity contribution in [2.45, 2.75) is 6.92 Å². The minimum Gasteiger partial charge on any atom is -0.506 e. The van der Waals surface area contributed by atoms with Crippen LogP contribution in [0.3, 0.4) is 0 Å². The molecule has 0 atom stereocenters. The Hall–Kier alpha value is -2.05. The highest BCUT2D eigenvalue weighted by atomic mass is 79.9. The number of amides is 2. The Morgan fingerprint density at radius 3 is 2.45 bits per heavy atom. The average molecular weight is 384 g/mol. The van der Waals surface area contributed by atoms with Crippen LogP contribution < -0.4 is 10.6 Å². The van der Waals surface area contributed by atoms with Gasteiger partial charge in [0, 0.05) is 15.2 Å². The predicted molar refractivity (Wildman–Crippen MR) is 89.3 cm³/mol. The molecule has 0 bridgehead atoms. The van der Waals surface area contributed by atoms with Gasteiger partial charge in [0.25, 0.3) is 0 Å². The fourth-order valence-corrected chi connectivity index (χ4v) is 2.12. The highest BCUT2D eigenvalue weighted by Crippen LogP contribution is 2.26. The summed E-state index contributed by atoms with van der Waals surface area (Å²) in [4.78, 5) is 23.7. The Bertz CT molecular complexity index is 750. The molecule has 5 nitrogen and oxygen atoms in total. The normalized spacial score (nSPS) is 10.1. The number of carbonyl (C=O) groups is 2. The van der Waals surface area contributed by atoms with E-state index in [1.807, 2.05) is 6.92 Å². The molecule has 0 saturated carbocycles. The van der Waals surface area contributed by atoms with Crippen LogP contribution in [0.2, 0.25) is 5.02 Å². The zero-order valence-electron chi connectivity index (χ0n) is 11.5. The van der Waals surface area contributed by atoms with Gasteiger partial charge in [0.15, 0.2) is 0 Å². The number of benzene rings is 2. The molecule has 114 valence electrons. The lowest BCUT2D eigenvalue weighted by Crippen LogP contribution is -2.29. The lowest BCUT2D eigenvalue weighted by molar-refractivity contribution is -0.133. The van der Waals surface area contributed by atoms with E-state index in [0.29, 0.717) is 10.7 Å². The van der Waals surface area contributed by atoms with Crippen molar-refractivity contribution >= 4 is 50.7 Å². The molecule has 7 heteroatoms. The van der Waals surface area contributed by atoms with E-state index in [1.165, 1.54) is 18.2 Å². The molecule has 0 unspecified atom stereocenters. The number of aryl methyl sites for hydroxylation is 1. The SMILES string of the molecule is Cc1cc(NC(=O)C(=O)Nc2cc(Cl)ccc2O)ccc1Br. The first-order valence-electron chi connectivity index (χ1n) is 6.24. The molecule has 2 rings (SSSR count). The van der Waals surface area contributed by atoms with E-state index in [0.717, 1.165) is 10.0 Å². The van der Waals surface area contributed by atoms with Gasteiger partial charge in [-0.05, 0) is 48.9 Å². The third kappa shape index (κ3) is 3.99. The summed E-state index contributed by atoms with van der Waals surface area (Å²) in [6, 6.07) is 9.31. The van der Waals surface area contributed by atoms with Gasteiger partial charge in [-0.25, -0.2) is 0 Å². The van der Waals surface area contributed by atoms with Gasteiger partial charge in [-0.2, -0.15) is 0 Å². The largest absolute Gasteiger partial charge is 0.506 e. The number of halogens is 2. The second kappa shape index (κ2) is 6.81.